The van der Waals surface area contributed by atoms with E-state index in [0.29, 0.717) is 16.3 Å². The molecule has 0 saturated carbocycles. The molecule has 0 unspecified atom stereocenters. The summed E-state index contributed by atoms with van der Waals surface area (Å²) in [6.07, 6.45) is 3.27. The van der Waals surface area contributed by atoms with Crippen molar-refractivity contribution in [3.05, 3.63) is 98.8 Å². The predicted molar refractivity (Wildman–Crippen MR) is 124 cm³/mol. The first kappa shape index (κ1) is 22.4. The Morgan fingerprint density at radius 1 is 1.23 bits per heavy atom. The number of nitro benzene ring substituents is 1. The van der Waals surface area contributed by atoms with E-state index in [4.69, 9.17) is 23.8 Å². The maximum atomic E-state index is 11.2. The molecule has 0 saturated heterocycles. The summed E-state index contributed by atoms with van der Waals surface area (Å²) in [5, 5.41) is 35.4. The molecular formula is C22H19ClN3O4S+. The van der Waals surface area contributed by atoms with E-state index in [0.717, 1.165) is 5.56 Å². The number of halogens is 1. The highest BCUT2D eigenvalue weighted by Crippen LogP contribution is 2.26. The van der Waals surface area contributed by atoms with E-state index in [1.54, 1.807) is 53.4 Å². The second-order valence-corrected chi connectivity index (χ2v) is 7.46. The number of nitrogens with one attached hydrogen (secondary N) is 1. The van der Waals surface area contributed by atoms with Gasteiger partial charge in [-0.1, -0.05) is 42.0 Å². The summed E-state index contributed by atoms with van der Waals surface area (Å²) in [6, 6.07) is 14.4. The summed E-state index contributed by atoms with van der Waals surface area (Å²) in [4.78, 5) is 10.8. The van der Waals surface area contributed by atoms with Gasteiger partial charge in [-0.3, -0.25) is 10.1 Å². The number of non-ortho nitro benzene ring substituents is 1. The fourth-order valence-corrected chi connectivity index (χ4v) is 3.42. The van der Waals surface area contributed by atoms with Gasteiger partial charge in [0.2, 0.25) is 0 Å². The number of nitro groups is 1. The Hall–Kier alpha value is -3.33. The highest BCUT2D eigenvalue weighted by atomic mass is 35.5. The monoisotopic (exact) mass is 456 g/mol. The van der Waals surface area contributed by atoms with Crippen LogP contribution in [0.25, 0.3) is 11.5 Å². The summed E-state index contributed by atoms with van der Waals surface area (Å²) in [6.45, 7) is 1.62. The van der Waals surface area contributed by atoms with Gasteiger partial charge in [-0.15, -0.1) is 0 Å². The van der Waals surface area contributed by atoms with E-state index in [-0.39, 0.29) is 34.3 Å². The molecule has 0 bridgehead atoms. The molecule has 9 heteroatoms. The molecule has 0 fully saturated rings. The third-order valence-electron chi connectivity index (χ3n) is 4.59. The van der Waals surface area contributed by atoms with Crippen molar-refractivity contribution in [3.8, 4) is 0 Å². The van der Waals surface area contributed by atoms with Crippen LogP contribution in [-0.2, 0) is 6.61 Å². The third kappa shape index (κ3) is 5.05. The third-order valence-corrected chi connectivity index (χ3v) is 5.29. The van der Waals surface area contributed by atoms with Crippen LogP contribution in [0.4, 0.5) is 11.4 Å². The van der Waals surface area contributed by atoms with Gasteiger partial charge in [0.15, 0.2) is 23.1 Å². The first-order chi connectivity index (χ1) is 14.8. The van der Waals surface area contributed by atoms with Crippen molar-refractivity contribution in [1.82, 2.24) is 0 Å². The SMILES string of the molecule is Cc1c(Cl)cccc1NC(=S)/C(=C(\O)c1cccc([N+](=O)[O-])c1)[n+]1cccc(CO)c1. The van der Waals surface area contributed by atoms with Crippen LogP contribution < -0.4 is 9.88 Å². The average Bonchev–Trinajstić information content (AvgIpc) is 2.77. The van der Waals surface area contributed by atoms with Crippen molar-refractivity contribution in [1.29, 1.82) is 0 Å². The number of thiocarbonyl (C=S) groups is 1. The van der Waals surface area contributed by atoms with Gasteiger partial charge in [-0.2, -0.15) is 4.57 Å². The van der Waals surface area contributed by atoms with Crippen LogP contribution in [0.3, 0.4) is 0 Å². The van der Waals surface area contributed by atoms with Gasteiger partial charge in [-0.05, 0) is 30.7 Å². The summed E-state index contributed by atoms with van der Waals surface area (Å²) < 4.78 is 1.55. The number of anilines is 1. The molecule has 0 aliphatic carbocycles. The maximum Gasteiger partial charge on any atom is 0.288 e. The minimum Gasteiger partial charge on any atom is -0.502 e. The van der Waals surface area contributed by atoms with Crippen molar-refractivity contribution in [2.24, 2.45) is 0 Å². The molecule has 0 atom stereocenters. The molecule has 0 radical (unpaired) electrons. The minimum atomic E-state index is -0.540. The lowest BCUT2D eigenvalue weighted by molar-refractivity contribution is -0.576. The van der Waals surface area contributed by atoms with Crippen LogP contribution in [-0.4, -0.2) is 20.1 Å². The zero-order valence-electron chi connectivity index (χ0n) is 16.4. The van der Waals surface area contributed by atoms with Gasteiger partial charge in [0.05, 0.1) is 11.5 Å². The van der Waals surface area contributed by atoms with Crippen molar-refractivity contribution in [2.75, 3.05) is 5.32 Å². The first-order valence-corrected chi connectivity index (χ1v) is 9.96. The summed E-state index contributed by atoms with van der Waals surface area (Å²) >= 11 is 11.8. The normalized spacial score (nSPS) is 11.6. The van der Waals surface area contributed by atoms with E-state index < -0.39 is 4.92 Å². The zero-order chi connectivity index (χ0) is 22.5. The molecule has 0 aliphatic heterocycles. The molecule has 2 aromatic carbocycles. The summed E-state index contributed by atoms with van der Waals surface area (Å²) in [5.41, 5.74) is 2.26. The Morgan fingerprint density at radius 2 is 1.97 bits per heavy atom. The van der Waals surface area contributed by atoms with E-state index in [1.807, 2.05) is 6.92 Å². The van der Waals surface area contributed by atoms with E-state index in [1.165, 1.54) is 18.2 Å². The van der Waals surface area contributed by atoms with Crippen molar-refractivity contribution < 1.29 is 19.7 Å². The predicted octanol–water partition coefficient (Wildman–Crippen LogP) is 4.66. The number of pyridine rings is 1. The van der Waals surface area contributed by atoms with Crippen molar-refractivity contribution in [2.45, 2.75) is 13.5 Å². The molecule has 7 nitrogen and oxygen atoms in total. The van der Waals surface area contributed by atoms with Gasteiger partial charge < -0.3 is 15.5 Å². The van der Waals surface area contributed by atoms with Crippen LogP contribution in [0, 0.1) is 17.0 Å². The Morgan fingerprint density at radius 3 is 2.68 bits per heavy atom. The Bertz CT molecular complexity index is 1200. The van der Waals surface area contributed by atoms with E-state index >= 15 is 0 Å². The average molecular weight is 457 g/mol. The molecule has 158 valence electrons. The lowest BCUT2D eigenvalue weighted by Crippen LogP contribution is -2.39. The molecule has 0 spiro atoms. The van der Waals surface area contributed by atoms with Gasteiger partial charge in [0, 0.05) is 40.0 Å². The van der Waals surface area contributed by atoms with Gasteiger partial charge in [0.1, 0.15) is 0 Å². The molecule has 31 heavy (non-hydrogen) atoms. The number of hydrogen-bond acceptors (Lipinski definition) is 5. The van der Waals surface area contributed by atoms with Crippen LogP contribution in [0.1, 0.15) is 16.7 Å². The van der Waals surface area contributed by atoms with E-state index in [2.05, 4.69) is 5.32 Å². The molecule has 3 aromatic rings. The molecule has 3 N–H and O–H groups in total. The Kier molecular flexibility index (Phi) is 6.96. The number of aromatic nitrogens is 1. The number of aliphatic hydroxyl groups is 2. The zero-order valence-corrected chi connectivity index (χ0v) is 18.0. The minimum absolute atomic E-state index is 0.162. The molecule has 3 rings (SSSR count). The smallest absolute Gasteiger partial charge is 0.288 e. The summed E-state index contributed by atoms with van der Waals surface area (Å²) in [7, 11) is 0. The number of rotatable bonds is 6. The molecule has 0 aliphatic rings. The quantitative estimate of drug-likeness (QED) is 0.125. The second-order valence-electron chi connectivity index (χ2n) is 6.65. The Balaban J connectivity index is 2.15. The Labute approximate surface area is 189 Å². The lowest BCUT2D eigenvalue weighted by Gasteiger charge is -2.13. The largest absolute Gasteiger partial charge is 0.502 e. The number of hydrogen-bond donors (Lipinski definition) is 3. The van der Waals surface area contributed by atoms with Crippen LogP contribution in [0.5, 0.6) is 0 Å². The molecule has 0 amide bonds. The van der Waals surface area contributed by atoms with Gasteiger partial charge >= 0.3 is 0 Å². The molecule has 1 aromatic heterocycles. The van der Waals surface area contributed by atoms with Crippen LogP contribution >= 0.6 is 23.8 Å². The second kappa shape index (κ2) is 9.65. The van der Waals surface area contributed by atoms with E-state index in [9.17, 15) is 20.3 Å². The first-order valence-electron chi connectivity index (χ1n) is 9.17. The highest BCUT2D eigenvalue weighted by molar-refractivity contribution is 7.81. The number of aliphatic hydroxyl groups excluding tert-OH is 2. The fourth-order valence-electron chi connectivity index (χ4n) is 2.93. The highest BCUT2D eigenvalue weighted by Gasteiger charge is 2.25. The lowest BCUT2D eigenvalue weighted by atomic mass is 10.1. The standard InChI is InChI=1S/C22H18ClN3O4S/c1-14-18(23)8-3-9-19(14)24-22(31)20(25-10-4-5-15(12-25)13-27)21(28)16-6-2-7-17(11-16)26(29)30/h2-12,27H,13H2,1H3,(H-,24,28,31)/p+1. The topological polar surface area (TPSA) is 99.5 Å². The molecule has 1 heterocycles. The van der Waals surface area contributed by atoms with Crippen LogP contribution in [0.2, 0.25) is 5.02 Å². The van der Waals surface area contributed by atoms with Crippen LogP contribution in [0.15, 0.2) is 67.0 Å². The number of benzene rings is 2. The van der Waals surface area contributed by atoms with Gasteiger partial charge in [0.25, 0.3) is 11.4 Å². The summed E-state index contributed by atoms with van der Waals surface area (Å²) in [5.74, 6) is -0.263. The van der Waals surface area contributed by atoms with Crippen molar-refractivity contribution in [3.63, 3.8) is 0 Å². The number of nitrogens with zero attached hydrogens (tertiary/aromatic N) is 2. The molecular weight excluding hydrogens is 438 g/mol. The fraction of sp³-hybridized carbons (Fsp3) is 0.0909. The van der Waals surface area contributed by atoms with Gasteiger partial charge in [-0.25, -0.2) is 0 Å². The maximum absolute atomic E-state index is 11.2. The van der Waals surface area contributed by atoms with Crippen molar-refractivity contribution >= 4 is 51.6 Å².